The molecular weight excluding hydrogens is 301 g/mol. The lowest BCUT2D eigenvalue weighted by Crippen LogP contribution is -2.11. The van der Waals surface area contributed by atoms with Gasteiger partial charge in [0.15, 0.2) is 5.76 Å². The summed E-state index contributed by atoms with van der Waals surface area (Å²) in [5, 5.41) is 6.51. The Balaban J connectivity index is 1.46. The van der Waals surface area contributed by atoms with Crippen molar-refractivity contribution in [3.05, 3.63) is 54.4 Å². The van der Waals surface area contributed by atoms with E-state index in [0.717, 1.165) is 0 Å². The number of aryl methyl sites for hydroxylation is 1. The molecule has 0 unspecified atom stereocenters. The maximum Gasteiger partial charge on any atom is 0.238 e. The molecule has 0 atom stereocenters. The van der Waals surface area contributed by atoms with Crippen molar-refractivity contribution in [2.24, 2.45) is 0 Å². The van der Waals surface area contributed by atoms with Crippen molar-refractivity contribution in [3.63, 3.8) is 0 Å². The number of rotatable bonds is 6. The molecule has 0 radical (unpaired) electrons. The monoisotopic (exact) mass is 315 g/mol. The number of aromatic nitrogens is 2. The number of amides is 1. The van der Waals surface area contributed by atoms with Crippen molar-refractivity contribution in [2.75, 3.05) is 5.32 Å². The molecule has 2 aromatic heterocycles. The third-order valence-electron chi connectivity index (χ3n) is 3.13. The third-order valence-corrected chi connectivity index (χ3v) is 3.13. The number of anilines is 1. The van der Waals surface area contributed by atoms with E-state index < -0.39 is 0 Å². The van der Waals surface area contributed by atoms with Crippen LogP contribution in [0.15, 0.2) is 51.6 Å². The second-order valence-electron chi connectivity index (χ2n) is 4.90. The summed E-state index contributed by atoms with van der Waals surface area (Å²) in [6.45, 7) is 0. The first-order chi connectivity index (χ1) is 11.2. The Morgan fingerprint density at radius 1 is 1.22 bits per heavy atom. The maximum absolute atomic E-state index is 12.8. The predicted octanol–water partition coefficient (Wildman–Crippen LogP) is 3.43. The quantitative estimate of drug-likeness (QED) is 0.753. The molecule has 6 nitrogen and oxygen atoms in total. The predicted molar refractivity (Wildman–Crippen MR) is 80.0 cm³/mol. The van der Waals surface area contributed by atoms with E-state index in [1.807, 2.05) is 0 Å². The highest BCUT2D eigenvalue weighted by Crippen LogP contribution is 2.16. The van der Waals surface area contributed by atoms with Crippen LogP contribution in [0.5, 0.6) is 0 Å². The van der Waals surface area contributed by atoms with Crippen molar-refractivity contribution in [1.29, 1.82) is 0 Å². The molecule has 0 aliphatic carbocycles. The van der Waals surface area contributed by atoms with Crippen LogP contribution in [0.25, 0.3) is 11.6 Å². The van der Waals surface area contributed by atoms with E-state index >= 15 is 0 Å². The number of nitrogens with zero attached hydrogens (tertiary/aromatic N) is 2. The summed E-state index contributed by atoms with van der Waals surface area (Å²) < 4.78 is 23.1. The number of nitrogens with one attached hydrogen (secondary N) is 1. The molecule has 7 heteroatoms. The number of halogens is 1. The molecule has 3 aromatic rings. The van der Waals surface area contributed by atoms with Crippen LogP contribution in [0.1, 0.15) is 18.7 Å². The number of benzene rings is 1. The van der Waals surface area contributed by atoms with E-state index in [0.29, 0.717) is 42.4 Å². The number of carbonyl (C=O) groups is 1. The highest BCUT2D eigenvalue weighted by molar-refractivity contribution is 5.90. The zero-order valence-electron chi connectivity index (χ0n) is 12.2. The Labute approximate surface area is 131 Å². The lowest BCUT2D eigenvalue weighted by Gasteiger charge is -2.04. The molecule has 3 rings (SSSR count). The summed E-state index contributed by atoms with van der Waals surface area (Å²) in [4.78, 5) is 16.0. The van der Waals surface area contributed by atoms with Gasteiger partial charge >= 0.3 is 0 Å². The molecule has 0 aliphatic rings. The van der Waals surface area contributed by atoms with Crippen molar-refractivity contribution in [1.82, 2.24) is 10.1 Å². The van der Waals surface area contributed by atoms with Gasteiger partial charge in [0.05, 0.1) is 6.26 Å². The standard InChI is InChI=1S/C16H14FN3O3/c17-11-6-8-12(9-7-11)18-14(21)4-1-5-15-19-16(20-23-15)13-3-2-10-22-13/h2-3,6-10H,1,4-5H2,(H,18,21). The van der Waals surface area contributed by atoms with Crippen LogP contribution in [-0.4, -0.2) is 16.0 Å². The Morgan fingerprint density at radius 2 is 2.04 bits per heavy atom. The van der Waals surface area contributed by atoms with Crippen molar-refractivity contribution < 1.29 is 18.1 Å². The molecule has 0 saturated heterocycles. The van der Waals surface area contributed by atoms with Crippen molar-refractivity contribution in [2.45, 2.75) is 19.3 Å². The van der Waals surface area contributed by atoms with Crippen LogP contribution in [-0.2, 0) is 11.2 Å². The Kier molecular flexibility index (Phi) is 4.46. The fraction of sp³-hybridized carbons (Fsp3) is 0.188. The number of hydrogen-bond donors (Lipinski definition) is 1. The topological polar surface area (TPSA) is 81.2 Å². The molecule has 2 heterocycles. The minimum Gasteiger partial charge on any atom is -0.461 e. The van der Waals surface area contributed by atoms with E-state index in [1.54, 1.807) is 12.1 Å². The Bertz CT molecular complexity index is 766. The van der Waals surface area contributed by atoms with Crippen molar-refractivity contribution in [3.8, 4) is 11.6 Å². The van der Waals surface area contributed by atoms with Gasteiger partial charge in [0, 0.05) is 18.5 Å². The number of carbonyl (C=O) groups excluding carboxylic acids is 1. The van der Waals surface area contributed by atoms with Gasteiger partial charge in [-0.05, 0) is 42.8 Å². The van der Waals surface area contributed by atoms with E-state index in [9.17, 15) is 9.18 Å². The lowest BCUT2D eigenvalue weighted by molar-refractivity contribution is -0.116. The first-order valence-electron chi connectivity index (χ1n) is 7.12. The minimum absolute atomic E-state index is 0.151. The highest BCUT2D eigenvalue weighted by atomic mass is 19.1. The van der Waals surface area contributed by atoms with Crippen LogP contribution in [0.3, 0.4) is 0 Å². The SMILES string of the molecule is O=C(CCCc1nc(-c2ccco2)no1)Nc1ccc(F)cc1. The molecule has 0 spiro atoms. The largest absolute Gasteiger partial charge is 0.461 e. The summed E-state index contributed by atoms with van der Waals surface area (Å²) in [5.74, 6) is 0.884. The molecule has 1 aromatic carbocycles. The molecule has 0 aliphatic heterocycles. The van der Waals surface area contributed by atoms with Gasteiger partial charge in [0.25, 0.3) is 0 Å². The van der Waals surface area contributed by atoms with Gasteiger partial charge in [-0.2, -0.15) is 4.98 Å². The van der Waals surface area contributed by atoms with Crippen LogP contribution in [0.4, 0.5) is 10.1 Å². The first kappa shape index (κ1) is 15.0. The van der Waals surface area contributed by atoms with Crippen molar-refractivity contribution >= 4 is 11.6 Å². The molecule has 1 amide bonds. The summed E-state index contributed by atoms with van der Waals surface area (Å²) >= 11 is 0. The zero-order chi connectivity index (χ0) is 16.1. The zero-order valence-corrected chi connectivity index (χ0v) is 12.2. The molecule has 0 fully saturated rings. The number of hydrogen-bond acceptors (Lipinski definition) is 5. The van der Waals surface area contributed by atoms with Gasteiger partial charge < -0.3 is 14.3 Å². The highest BCUT2D eigenvalue weighted by Gasteiger charge is 2.11. The van der Waals surface area contributed by atoms with E-state index in [2.05, 4.69) is 15.5 Å². The van der Waals surface area contributed by atoms with E-state index in [1.165, 1.54) is 30.5 Å². The smallest absolute Gasteiger partial charge is 0.238 e. The fourth-order valence-corrected chi connectivity index (χ4v) is 2.02. The first-order valence-corrected chi connectivity index (χ1v) is 7.12. The van der Waals surface area contributed by atoms with Gasteiger partial charge in [0.1, 0.15) is 5.82 Å². The van der Waals surface area contributed by atoms with E-state index in [-0.39, 0.29) is 11.7 Å². The van der Waals surface area contributed by atoms with Gasteiger partial charge in [-0.1, -0.05) is 5.16 Å². The molecule has 0 bridgehead atoms. The van der Waals surface area contributed by atoms with Crippen LogP contribution < -0.4 is 5.32 Å². The minimum atomic E-state index is -0.341. The van der Waals surface area contributed by atoms with Gasteiger partial charge in [-0.3, -0.25) is 4.79 Å². The summed E-state index contributed by atoms with van der Waals surface area (Å²) in [7, 11) is 0. The average molecular weight is 315 g/mol. The second-order valence-corrected chi connectivity index (χ2v) is 4.90. The second kappa shape index (κ2) is 6.87. The normalized spacial score (nSPS) is 10.7. The molecule has 118 valence electrons. The lowest BCUT2D eigenvalue weighted by atomic mass is 10.2. The van der Waals surface area contributed by atoms with E-state index in [4.69, 9.17) is 8.94 Å². The number of furan rings is 1. The Morgan fingerprint density at radius 3 is 2.78 bits per heavy atom. The fourth-order valence-electron chi connectivity index (χ4n) is 2.02. The molecule has 0 saturated carbocycles. The van der Waals surface area contributed by atoms with Crippen LogP contribution in [0, 0.1) is 5.82 Å². The maximum atomic E-state index is 12.8. The summed E-state index contributed by atoms with van der Waals surface area (Å²) in [6.07, 6.45) is 2.89. The van der Waals surface area contributed by atoms with Gasteiger partial charge in [-0.15, -0.1) is 0 Å². The average Bonchev–Trinajstić information content (AvgIpc) is 3.20. The summed E-state index contributed by atoms with van der Waals surface area (Å²) in [6, 6.07) is 9.10. The van der Waals surface area contributed by atoms with Crippen LogP contribution >= 0.6 is 0 Å². The molecule has 23 heavy (non-hydrogen) atoms. The molecular formula is C16H14FN3O3. The summed E-state index contributed by atoms with van der Waals surface area (Å²) in [5.41, 5.74) is 0.564. The third kappa shape index (κ3) is 4.03. The van der Waals surface area contributed by atoms with Crippen LogP contribution in [0.2, 0.25) is 0 Å². The Hall–Kier alpha value is -2.96. The van der Waals surface area contributed by atoms with Gasteiger partial charge in [-0.25, -0.2) is 4.39 Å². The molecule has 1 N–H and O–H groups in total. The van der Waals surface area contributed by atoms with Gasteiger partial charge in [0.2, 0.25) is 17.6 Å².